The highest BCUT2D eigenvalue weighted by Crippen LogP contribution is 2.39. The highest BCUT2D eigenvalue weighted by molar-refractivity contribution is 6.38. The largest absolute Gasteiger partial charge is 0.481 e. The molecule has 3 N–H and O–H groups in total. The van der Waals surface area contributed by atoms with E-state index in [-0.39, 0.29) is 12.3 Å². The summed E-state index contributed by atoms with van der Waals surface area (Å²) in [7, 11) is 4.01. The summed E-state index contributed by atoms with van der Waals surface area (Å²) < 4.78 is 0. The summed E-state index contributed by atoms with van der Waals surface area (Å²) in [6.07, 6.45) is -0.104. The molecule has 0 aliphatic carbocycles. The summed E-state index contributed by atoms with van der Waals surface area (Å²) in [5.74, 6) is -1.16. The molecule has 1 aliphatic heterocycles. The first-order valence-corrected chi connectivity index (χ1v) is 10.9. The van der Waals surface area contributed by atoms with Crippen LogP contribution >= 0.6 is 11.6 Å². The van der Waals surface area contributed by atoms with Gasteiger partial charge in [-0.05, 0) is 61.1 Å². The SMILES string of the molecule is CN(C)Cc1cccc(N/C(=C2\C(=O)Nc3cc(Cl)ccc32)c2cccc(CC(=O)O)c2)c1. The summed E-state index contributed by atoms with van der Waals surface area (Å²) in [5, 5.41) is 16.1. The maximum Gasteiger partial charge on any atom is 0.307 e. The molecule has 0 saturated carbocycles. The number of carboxylic acids is 1. The van der Waals surface area contributed by atoms with Crippen molar-refractivity contribution in [2.24, 2.45) is 0 Å². The molecule has 168 valence electrons. The minimum Gasteiger partial charge on any atom is -0.481 e. The van der Waals surface area contributed by atoms with E-state index >= 15 is 0 Å². The lowest BCUT2D eigenvalue weighted by Gasteiger charge is -2.17. The van der Waals surface area contributed by atoms with Gasteiger partial charge in [0.15, 0.2) is 0 Å². The fourth-order valence-corrected chi connectivity index (χ4v) is 4.11. The summed E-state index contributed by atoms with van der Waals surface area (Å²) >= 11 is 6.13. The molecule has 0 aromatic heterocycles. The molecule has 0 fully saturated rings. The summed E-state index contributed by atoms with van der Waals surface area (Å²) in [5.41, 5.74) is 5.78. The van der Waals surface area contributed by atoms with Crippen LogP contribution in [0.1, 0.15) is 22.3 Å². The van der Waals surface area contributed by atoms with E-state index in [2.05, 4.69) is 15.5 Å². The Kier molecular flexibility index (Phi) is 6.49. The van der Waals surface area contributed by atoms with E-state index in [0.717, 1.165) is 28.9 Å². The molecule has 0 saturated heterocycles. The van der Waals surface area contributed by atoms with Gasteiger partial charge in [0.05, 0.1) is 23.4 Å². The Labute approximate surface area is 197 Å². The lowest BCUT2D eigenvalue weighted by atomic mass is 9.98. The Morgan fingerprint density at radius 3 is 2.55 bits per heavy atom. The van der Waals surface area contributed by atoms with Crippen LogP contribution in [0.2, 0.25) is 5.02 Å². The predicted octanol–water partition coefficient (Wildman–Crippen LogP) is 4.96. The molecule has 7 heteroatoms. The van der Waals surface area contributed by atoms with Crippen molar-refractivity contribution in [3.63, 3.8) is 0 Å². The topological polar surface area (TPSA) is 81.7 Å². The second kappa shape index (κ2) is 9.48. The average Bonchev–Trinajstić information content (AvgIpc) is 3.06. The number of hydrogen-bond donors (Lipinski definition) is 3. The zero-order valence-electron chi connectivity index (χ0n) is 18.4. The average molecular weight is 462 g/mol. The van der Waals surface area contributed by atoms with Crippen LogP contribution in [0.15, 0.2) is 66.7 Å². The number of halogens is 1. The maximum absolute atomic E-state index is 13.1. The first-order valence-electron chi connectivity index (χ1n) is 10.5. The van der Waals surface area contributed by atoms with Gasteiger partial charge in [-0.3, -0.25) is 9.59 Å². The molecule has 3 aromatic carbocycles. The monoisotopic (exact) mass is 461 g/mol. The van der Waals surface area contributed by atoms with Crippen LogP contribution in [0, 0.1) is 0 Å². The van der Waals surface area contributed by atoms with Gasteiger partial charge in [-0.25, -0.2) is 0 Å². The lowest BCUT2D eigenvalue weighted by Crippen LogP contribution is -2.12. The van der Waals surface area contributed by atoms with Gasteiger partial charge in [-0.1, -0.05) is 48.0 Å². The van der Waals surface area contributed by atoms with Gasteiger partial charge >= 0.3 is 5.97 Å². The number of hydrogen-bond acceptors (Lipinski definition) is 4. The molecular weight excluding hydrogens is 438 g/mol. The second-order valence-electron chi connectivity index (χ2n) is 8.23. The standard InChI is InChI=1S/C26H24ClN3O3/c1-30(2)15-17-6-4-8-20(12-17)28-25(18-7-3-5-16(11-18)13-23(31)32)24-21-10-9-19(27)14-22(21)29-26(24)33/h3-12,14,28H,13,15H2,1-2H3,(H,29,33)(H,31,32)/b25-24-. The van der Waals surface area contributed by atoms with Crippen LogP contribution in [0.3, 0.4) is 0 Å². The molecule has 33 heavy (non-hydrogen) atoms. The Hall–Kier alpha value is -3.61. The molecule has 0 unspecified atom stereocenters. The van der Waals surface area contributed by atoms with Crippen molar-refractivity contribution in [1.29, 1.82) is 0 Å². The van der Waals surface area contributed by atoms with Crippen molar-refractivity contribution < 1.29 is 14.7 Å². The third-order valence-electron chi connectivity index (χ3n) is 5.24. The van der Waals surface area contributed by atoms with Gasteiger partial charge in [0, 0.05) is 22.8 Å². The molecule has 1 heterocycles. The number of aliphatic carboxylic acids is 1. The number of carbonyl (C=O) groups excluding carboxylic acids is 1. The van der Waals surface area contributed by atoms with Crippen molar-refractivity contribution in [1.82, 2.24) is 4.90 Å². The molecule has 4 rings (SSSR count). The molecule has 0 spiro atoms. The van der Waals surface area contributed by atoms with Gasteiger partial charge in [0.1, 0.15) is 0 Å². The Balaban J connectivity index is 1.85. The third kappa shape index (κ3) is 5.25. The number of nitrogens with one attached hydrogen (secondary N) is 2. The highest BCUT2D eigenvalue weighted by atomic mass is 35.5. The molecular formula is C26H24ClN3O3. The normalized spacial score (nSPS) is 14.1. The summed E-state index contributed by atoms with van der Waals surface area (Å²) in [6, 6.07) is 20.5. The first-order chi connectivity index (χ1) is 15.8. The Morgan fingerprint density at radius 2 is 1.79 bits per heavy atom. The zero-order valence-corrected chi connectivity index (χ0v) is 19.1. The first kappa shape index (κ1) is 22.6. The van der Waals surface area contributed by atoms with Crippen molar-refractivity contribution in [3.8, 4) is 0 Å². The van der Waals surface area contributed by atoms with Gasteiger partial charge < -0.3 is 20.6 Å². The second-order valence-corrected chi connectivity index (χ2v) is 8.66. The maximum atomic E-state index is 13.1. The number of fused-ring (bicyclic) bond motifs is 1. The van der Waals surface area contributed by atoms with E-state index in [9.17, 15) is 14.7 Å². The van der Waals surface area contributed by atoms with Crippen molar-refractivity contribution in [2.75, 3.05) is 24.7 Å². The minimum atomic E-state index is -0.913. The number of rotatable bonds is 7. The van der Waals surface area contributed by atoms with Crippen LogP contribution in [-0.4, -0.2) is 36.0 Å². The van der Waals surface area contributed by atoms with E-state index in [1.807, 2.05) is 50.5 Å². The smallest absolute Gasteiger partial charge is 0.307 e. The van der Waals surface area contributed by atoms with Crippen LogP contribution in [0.5, 0.6) is 0 Å². The minimum absolute atomic E-state index is 0.104. The Bertz CT molecular complexity index is 1270. The fourth-order valence-electron chi connectivity index (χ4n) is 3.94. The van der Waals surface area contributed by atoms with Gasteiger partial charge in [0.2, 0.25) is 0 Å². The predicted molar refractivity (Wildman–Crippen MR) is 132 cm³/mol. The fraction of sp³-hybridized carbons (Fsp3) is 0.154. The summed E-state index contributed by atoms with van der Waals surface area (Å²) in [4.78, 5) is 26.4. The van der Waals surface area contributed by atoms with Gasteiger partial charge in [-0.2, -0.15) is 0 Å². The molecule has 0 bridgehead atoms. The van der Waals surface area contributed by atoms with Crippen LogP contribution in [0.4, 0.5) is 11.4 Å². The number of nitrogens with zero attached hydrogens (tertiary/aromatic N) is 1. The van der Waals surface area contributed by atoms with E-state index < -0.39 is 5.97 Å². The summed E-state index contributed by atoms with van der Waals surface area (Å²) in [6.45, 7) is 0.775. The van der Waals surface area contributed by atoms with Crippen LogP contribution in [0.25, 0.3) is 11.3 Å². The van der Waals surface area contributed by atoms with Crippen LogP contribution in [-0.2, 0) is 22.6 Å². The molecule has 0 radical (unpaired) electrons. The van der Waals surface area contributed by atoms with E-state index in [4.69, 9.17) is 11.6 Å². The molecule has 1 amide bonds. The van der Waals surface area contributed by atoms with Gasteiger partial charge in [0.25, 0.3) is 5.91 Å². The number of benzene rings is 3. The molecule has 3 aromatic rings. The molecule has 0 atom stereocenters. The number of carboxylic acid groups (broad SMARTS) is 1. The third-order valence-corrected chi connectivity index (χ3v) is 5.48. The van der Waals surface area contributed by atoms with E-state index in [1.165, 1.54) is 0 Å². The zero-order chi connectivity index (χ0) is 23.5. The van der Waals surface area contributed by atoms with Gasteiger partial charge in [-0.15, -0.1) is 0 Å². The highest BCUT2D eigenvalue weighted by Gasteiger charge is 2.28. The Morgan fingerprint density at radius 1 is 1.03 bits per heavy atom. The number of amides is 1. The van der Waals surface area contributed by atoms with Crippen molar-refractivity contribution in [3.05, 3.63) is 94.0 Å². The quantitative estimate of drug-likeness (QED) is 0.433. The van der Waals surface area contributed by atoms with Crippen molar-refractivity contribution in [2.45, 2.75) is 13.0 Å². The lowest BCUT2D eigenvalue weighted by molar-refractivity contribution is -0.136. The molecule has 6 nitrogen and oxygen atoms in total. The number of carbonyl (C=O) groups is 2. The van der Waals surface area contributed by atoms with E-state index in [0.29, 0.717) is 27.5 Å². The molecule has 1 aliphatic rings. The van der Waals surface area contributed by atoms with E-state index in [1.54, 1.807) is 30.3 Å². The van der Waals surface area contributed by atoms with Crippen molar-refractivity contribution >= 4 is 46.1 Å². The number of anilines is 2. The van der Waals surface area contributed by atoms with Crippen LogP contribution < -0.4 is 10.6 Å².